The summed E-state index contributed by atoms with van der Waals surface area (Å²) < 4.78 is 30.3. The summed E-state index contributed by atoms with van der Waals surface area (Å²) in [6, 6.07) is 33.5. The molecule has 1 amide bonds. The fraction of sp³-hybridized carbons (Fsp3) is 0.0645. The Balaban J connectivity index is 1.71. The Bertz CT molecular complexity index is 1920. The zero-order valence-electron chi connectivity index (χ0n) is 21.0. The lowest BCUT2D eigenvalue weighted by atomic mass is 10.1. The van der Waals surface area contributed by atoms with Crippen LogP contribution < -0.4 is 5.32 Å². The molecule has 7 nitrogen and oxygen atoms in total. The van der Waals surface area contributed by atoms with Gasteiger partial charge < -0.3 is 9.88 Å². The number of carbonyl (C=O) groups is 1. The zero-order chi connectivity index (χ0) is 27.0. The number of anilines is 1. The van der Waals surface area contributed by atoms with E-state index < -0.39 is 15.7 Å². The van der Waals surface area contributed by atoms with E-state index in [1.807, 2.05) is 61.5 Å². The van der Waals surface area contributed by atoms with E-state index in [0.29, 0.717) is 22.2 Å². The molecular weight excluding hydrogens is 508 g/mol. The van der Waals surface area contributed by atoms with Crippen molar-refractivity contribution in [3.8, 4) is 0 Å². The van der Waals surface area contributed by atoms with Gasteiger partial charge in [0.1, 0.15) is 16.2 Å². The van der Waals surface area contributed by atoms with Gasteiger partial charge >= 0.3 is 0 Å². The average molecular weight is 533 g/mol. The summed E-state index contributed by atoms with van der Waals surface area (Å²) in [6.45, 7) is 1.95. The second-order valence-corrected chi connectivity index (χ2v) is 11.0. The summed E-state index contributed by atoms with van der Waals surface area (Å²) in [4.78, 5) is 23.2. The third-order valence-corrected chi connectivity index (χ3v) is 8.53. The van der Waals surface area contributed by atoms with Gasteiger partial charge in [0.15, 0.2) is 5.65 Å². The molecule has 192 valence electrons. The number of nitrogens with zero attached hydrogens (tertiary/aromatic N) is 3. The minimum Gasteiger partial charge on any atom is -0.307 e. The van der Waals surface area contributed by atoms with Gasteiger partial charge in [0.05, 0.1) is 22.0 Å². The quantitative estimate of drug-likeness (QED) is 0.273. The predicted molar refractivity (Wildman–Crippen MR) is 152 cm³/mol. The number of hydrogen-bond acceptors (Lipinski definition) is 5. The molecule has 1 N–H and O–H groups in total. The number of hydrogen-bond donors (Lipinski definition) is 1. The maximum absolute atomic E-state index is 14.3. The number of carbonyl (C=O) groups excluding carboxylic acids is 1. The zero-order valence-corrected chi connectivity index (χ0v) is 21.8. The Morgan fingerprint density at radius 3 is 1.92 bits per heavy atom. The third-order valence-electron chi connectivity index (χ3n) is 6.71. The Labute approximate surface area is 225 Å². The first-order valence-corrected chi connectivity index (χ1v) is 14.0. The molecule has 8 heteroatoms. The van der Waals surface area contributed by atoms with Crippen molar-refractivity contribution >= 4 is 43.8 Å². The van der Waals surface area contributed by atoms with Crippen molar-refractivity contribution in [2.24, 2.45) is 0 Å². The van der Waals surface area contributed by atoms with Crippen LogP contribution in [0.25, 0.3) is 22.2 Å². The van der Waals surface area contributed by atoms with Crippen LogP contribution in [0.1, 0.15) is 28.9 Å². The molecule has 6 rings (SSSR count). The molecule has 0 radical (unpaired) electrons. The van der Waals surface area contributed by atoms with Crippen LogP contribution in [0.5, 0.6) is 0 Å². The number of para-hydroxylation sites is 2. The van der Waals surface area contributed by atoms with E-state index in [9.17, 15) is 13.2 Å². The Kier molecular flexibility index (Phi) is 6.17. The number of benzene rings is 4. The van der Waals surface area contributed by atoms with Crippen LogP contribution >= 0.6 is 0 Å². The summed E-state index contributed by atoms with van der Waals surface area (Å²) in [7, 11) is -4.13. The van der Waals surface area contributed by atoms with Crippen LogP contribution in [0.2, 0.25) is 0 Å². The highest BCUT2D eigenvalue weighted by molar-refractivity contribution is 7.92. The van der Waals surface area contributed by atoms with Crippen molar-refractivity contribution in [1.29, 1.82) is 0 Å². The topological polar surface area (TPSA) is 94.0 Å². The molecule has 39 heavy (non-hydrogen) atoms. The van der Waals surface area contributed by atoms with Gasteiger partial charge in [-0.1, -0.05) is 78.9 Å². The lowest BCUT2D eigenvalue weighted by molar-refractivity contribution is 0.102. The Morgan fingerprint density at radius 2 is 1.28 bits per heavy atom. The minimum atomic E-state index is -4.13. The van der Waals surface area contributed by atoms with Gasteiger partial charge in [-0.2, -0.15) is 0 Å². The third kappa shape index (κ3) is 4.34. The average Bonchev–Trinajstić information content (AvgIpc) is 3.29. The van der Waals surface area contributed by atoms with Crippen LogP contribution in [-0.4, -0.2) is 28.9 Å². The number of aromatic nitrogens is 3. The van der Waals surface area contributed by atoms with Gasteiger partial charge in [-0.05, 0) is 48.9 Å². The predicted octanol–water partition coefficient (Wildman–Crippen LogP) is 6.28. The number of fused-ring (bicyclic) bond motifs is 2. The highest BCUT2D eigenvalue weighted by atomic mass is 32.2. The molecule has 0 saturated carbocycles. The molecule has 0 aliphatic carbocycles. The molecule has 0 fully saturated rings. The van der Waals surface area contributed by atoms with Gasteiger partial charge in [0.2, 0.25) is 9.84 Å². The maximum atomic E-state index is 14.3. The lowest BCUT2D eigenvalue weighted by Crippen LogP contribution is -2.19. The molecule has 0 bridgehead atoms. The monoisotopic (exact) mass is 532 g/mol. The van der Waals surface area contributed by atoms with Gasteiger partial charge in [0, 0.05) is 5.56 Å². The van der Waals surface area contributed by atoms with E-state index in [1.54, 1.807) is 53.1 Å². The minimum absolute atomic E-state index is 0.0889. The first kappa shape index (κ1) is 24.5. The van der Waals surface area contributed by atoms with Gasteiger partial charge in [0.25, 0.3) is 5.91 Å². The van der Waals surface area contributed by atoms with Crippen LogP contribution in [0.15, 0.2) is 125 Å². The van der Waals surface area contributed by atoms with Gasteiger partial charge in [-0.3, -0.25) is 4.79 Å². The van der Waals surface area contributed by atoms with E-state index in [0.717, 1.165) is 5.56 Å². The number of amides is 1. The molecule has 0 aliphatic heterocycles. The molecule has 0 saturated heterocycles. The molecule has 2 aromatic heterocycles. The van der Waals surface area contributed by atoms with Crippen molar-refractivity contribution in [3.05, 3.63) is 126 Å². The van der Waals surface area contributed by atoms with Gasteiger partial charge in [-0.25, -0.2) is 18.4 Å². The molecule has 4 aromatic carbocycles. The molecule has 1 atom stereocenters. The smallest absolute Gasteiger partial charge is 0.256 e. The van der Waals surface area contributed by atoms with Gasteiger partial charge in [-0.15, -0.1) is 0 Å². The summed E-state index contributed by atoms with van der Waals surface area (Å²) >= 11 is 0. The molecule has 0 aliphatic rings. The molecule has 6 aromatic rings. The number of rotatable bonds is 6. The maximum Gasteiger partial charge on any atom is 0.256 e. The van der Waals surface area contributed by atoms with E-state index in [1.165, 1.54) is 12.1 Å². The molecule has 0 unspecified atom stereocenters. The van der Waals surface area contributed by atoms with Crippen molar-refractivity contribution in [2.45, 2.75) is 22.8 Å². The first-order chi connectivity index (χ1) is 18.9. The van der Waals surface area contributed by atoms with Crippen molar-refractivity contribution in [3.63, 3.8) is 0 Å². The van der Waals surface area contributed by atoms with E-state index in [4.69, 9.17) is 9.97 Å². The Morgan fingerprint density at radius 1 is 0.744 bits per heavy atom. The largest absolute Gasteiger partial charge is 0.307 e. The number of nitrogens with one attached hydrogen (secondary N) is 1. The summed E-state index contributed by atoms with van der Waals surface area (Å²) in [5, 5.41) is 2.93. The van der Waals surface area contributed by atoms with Crippen molar-refractivity contribution in [1.82, 2.24) is 14.5 Å². The lowest BCUT2D eigenvalue weighted by Gasteiger charge is -2.20. The van der Waals surface area contributed by atoms with E-state index in [2.05, 4.69) is 5.32 Å². The summed E-state index contributed by atoms with van der Waals surface area (Å²) in [6.07, 6.45) is 0. The van der Waals surface area contributed by atoms with Crippen molar-refractivity contribution < 1.29 is 13.2 Å². The fourth-order valence-electron chi connectivity index (χ4n) is 4.75. The second kappa shape index (κ2) is 9.81. The Hall–Kier alpha value is -4.82. The normalized spacial score (nSPS) is 12.4. The standard InChI is InChI=1S/C31H24N4O3S/c1-21(22-13-5-2-6-14-22)35-29-27(32-25-19-11-12-20-26(25)33-29)28(39(37,38)24-17-9-4-10-18-24)30(35)34-31(36)23-15-7-3-8-16-23/h2-21H,1H3,(H,34,36)/t21-/m0/s1. The van der Waals surface area contributed by atoms with Crippen molar-refractivity contribution in [2.75, 3.05) is 5.32 Å². The number of sulfone groups is 1. The van der Waals surface area contributed by atoms with Crippen LogP contribution in [0.3, 0.4) is 0 Å². The molecular formula is C31H24N4O3S. The SMILES string of the molecule is C[C@@H](c1ccccc1)n1c(NC(=O)c2ccccc2)c(S(=O)(=O)c2ccccc2)c2nc3ccccc3nc21. The highest BCUT2D eigenvalue weighted by Crippen LogP contribution is 2.40. The molecule has 2 heterocycles. The van der Waals surface area contributed by atoms with Crippen LogP contribution in [0, 0.1) is 0 Å². The first-order valence-electron chi connectivity index (χ1n) is 12.5. The van der Waals surface area contributed by atoms with Crippen LogP contribution in [0.4, 0.5) is 5.82 Å². The summed E-state index contributed by atoms with van der Waals surface area (Å²) in [5.41, 5.74) is 3.05. The van der Waals surface area contributed by atoms with Crippen LogP contribution in [-0.2, 0) is 9.84 Å². The second-order valence-electron chi connectivity index (χ2n) is 9.16. The highest BCUT2D eigenvalue weighted by Gasteiger charge is 2.34. The van der Waals surface area contributed by atoms with E-state index >= 15 is 0 Å². The molecule has 0 spiro atoms. The van der Waals surface area contributed by atoms with E-state index in [-0.39, 0.29) is 27.2 Å². The fourth-order valence-corrected chi connectivity index (χ4v) is 6.30. The summed E-state index contributed by atoms with van der Waals surface area (Å²) in [5.74, 6) is -0.316.